The summed E-state index contributed by atoms with van der Waals surface area (Å²) in [5.41, 5.74) is 2.07. The molecule has 2 aromatic carbocycles. The van der Waals surface area contributed by atoms with Gasteiger partial charge in [-0.2, -0.15) is 0 Å². The van der Waals surface area contributed by atoms with Crippen LogP contribution in [0.2, 0.25) is 0 Å². The van der Waals surface area contributed by atoms with E-state index in [1.807, 2.05) is 69.3 Å². The molecule has 3 saturated heterocycles. The fraction of sp³-hybridized carbons (Fsp3) is 0.474. The number of aryl methyl sites for hydroxylation is 2. The first-order valence-electron chi connectivity index (χ1n) is 16.8. The van der Waals surface area contributed by atoms with Crippen molar-refractivity contribution in [2.45, 2.75) is 82.7 Å². The molecule has 3 aliphatic rings. The highest BCUT2D eigenvalue weighted by Crippen LogP contribution is 2.59. The van der Waals surface area contributed by atoms with Crippen molar-refractivity contribution in [1.82, 2.24) is 10.2 Å². The average Bonchev–Trinajstić information content (AvgIpc) is 3.74. The minimum Gasteiger partial charge on any atom is -0.463 e. The van der Waals surface area contributed by atoms with E-state index in [0.29, 0.717) is 31.4 Å². The first-order valence-corrected chi connectivity index (χ1v) is 16.8. The number of amides is 3. The minimum atomic E-state index is -1.25. The minimum absolute atomic E-state index is 0.0876. The van der Waals surface area contributed by atoms with E-state index in [4.69, 9.17) is 9.47 Å². The summed E-state index contributed by atoms with van der Waals surface area (Å²) in [4.78, 5) is 59.2. The van der Waals surface area contributed by atoms with Gasteiger partial charge in [-0.05, 0) is 62.3 Å². The summed E-state index contributed by atoms with van der Waals surface area (Å²) in [5.74, 6) is -3.32. The van der Waals surface area contributed by atoms with Crippen LogP contribution in [0.5, 0.6) is 0 Å². The number of carbonyl (C=O) groups excluding carboxylic acids is 4. The zero-order valence-electron chi connectivity index (χ0n) is 28.1. The molecule has 3 heterocycles. The van der Waals surface area contributed by atoms with E-state index in [9.17, 15) is 24.3 Å². The largest absolute Gasteiger partial charge is 0.463 e. The zero-order valence-corrected chi connectivity index (χ0v) is 28.1. The molecule has 10 heteroatoms. The van der Waals surface area contributed by atoms with Crippen LogP contribution >= 0.6 is 0 Å². The van der Waals surface area contributed by atoms with Crippen LogP contribution in [0.4, 0.5) is 5.69 Å². The van der Waals surface area contributed by atoms with Crippen molar-refractivity contribution in [3.05, 3.63) is 90.5 Å². The summed E-state index contributed by atoms with van der Waals surface area (Å²) < 4.78 is 12.2. The lowest BCUT2D eigenvalue weighted by molar-refractivity contribution is -0.146. The van der Waals surface area contributed by atoms with Gasteiger partial charge in [0.2, 0.25) is 11.8 Å². The maximum atomic E-state index is 14.8. The van der Waals surface area contributed by atoms with Crippen molar-refractivity contribution in [3.63, 3.8) is 0 Å². The summed E-state index contributed by atoms with van der Waals surface area (Å²) in [6, 6.07) is 12.7. The number of aliphatic hydroxyl groups excluding tert-OH is 1. The molecule has 5 rings (SSSR count). The number of nitrogens with one attached hydrogen (secondary N) is 1. The Morgan fingerprint density at radius 2 is 1.92 bits per heavy atom. The molecule has 2 bridgehead atoms. The smallest absolute Gasteiger partial charge is 0.306 e. The quantitative estimate of drug-likeness (QED) is 0.216. The Kier molecular flexibility index (Phi) is 10.9. The van der Waals surface area contributed by atoms with Crippen molar-refractivity contribution in [2.75, 3.05) is 24.7 Å². The maximum absolute atomic E-state index is 14.8. The van der Waals surface area contributed by atoms with E-state index < -0.39 is 53.5 Å². The molecular formula is C38H47N3O7. The van der Waals surface area contributed by atoms with E-state index in [-0.39, 0.29) is 38.0 Å². The Bertz CT molecular complexity index is 1540. The summed E-state index contributed by atoms with van der Waals surface area (Å²) in [7, 11) is 0. The molecule has 256 valence electrons. The molecule has 2 N–H and O–H groups in total. The summed E-state index contributed by atoms with van der Waals surface area (Å²) >= 11 is 0. The molecule has 2 aromatic rings. The molecule has 3 aliphatic heterocycles. The third-order valence-corrected chi connectivity index (χ3v) is 10.1. The number of rotatable bonds is 15. The van der Waals surface area contributed by atoms with E-state index in [1.165, 1.54) is 4.90 Å². The number of benzene rings is 2. The molecule has 0 saturated carbocycles. The van der Waals surface area contributed by atoms with Crippen molar-refractivity contribution in [1.29, 1.82) is 0 Å². The summed E-state index contributed by atoms with van der Waals surface area (Å²) in [5, 5.41) is 13.5. The van der Waals surface area contributed by atoms with Crippen LogP contribution in [0.25, 0.3) is 0 Å². The first kappa shape index (κ1) is 35.0. The number of hydrogen-bond acceptors (Lipinski definition) is 7. The van der Waals surface area contributed by atoms with Crippen molar-refractivity contribution in [3.8, 4) is 0 Å². The van der Waals surface area contributed by atoms with Crippen molar-refractivity contribution < 1.29 is 33.8 Å². The normalized spacial score (nSPS) is 25.2. The van der Waals surface area contributed by atoms with Gasteiger partial charge in [-0.3, -0.25) is 19.2 Å². The second kappa shape index (κ2) is 14.9. The molecule has 0 aromatic heterocycles. The number of allylic oxidation sites excluding steroid dienone is 1. The van der Waals surface area contributed by atoms with Gasteiger partial charge < -0.3 is 29.7 Å². The van der Waals surface area contributed by atoms with Gasteiger partial charge in [0.1, 0.15) is 18.2 Å². The highest BCUT2D eigenvalue weighted by Gasteiger charge is 2.75. The van der Waals surface area contributed by atoms with Crippen LogP contribution in [0.15, 0.2) is 73.8 Å². The molecule has 0 aliphatic carbocycles. The van der Waals surface area contributed by atoms with E-state index in [1.54, 1.807) is 17.1 Å². The molecule has 7 atom stereocenters. The SMILES string of the molecule is C=CCCC(=O)OC[C@@H](NC(=O)[C@@H]1[C@H]2C(=O)N([C@@H](CC)CO)[C@H](C(=O)N(CC=C)c3cc(C)ccc3C)[C@]23CC[C@H]1O3)c1ccccc1. The van der Waals surface area contributed by atoms with Gasteiger partial charge in [0.15, 0.2) is 0 Å². The van der Waals surface area contributed by atoms with Gasteiger partial charge in [0.05, 0.1) is 36.6 Å². The third-order valence-electron chi connectivity index (χ3n) is 10.1. The van der Waals surface area contributed by atoms with Gasteiger partial charge >= 0.3 is 5.97 Å². The van der Waals surface area contributed by atoms with E-state index >= 15 is 0 Å². The summed E-state index contributed by atoms with van der Waals surface area (Å²) in [6.07, 6.45) is 4.69. The molecule has 3 fully saturated rings. The van der Waals surface area contributed by atoms with Gasteiger partial charge in [0, 0.05) is 18.7 Å². The highest BCUT2D eigenvalue weighted by molar-refractivity contribution is 6.05. The predicted molar refractivity (Wildman–Crippen MR) is 182 cm³/mol. The van der Waals surface area contributed by atoms with Gasteiger partial charge in [0.25, 0.3) is 5.91 Å². The lowest BCUT2D eigenvalue weighted by Crippen LogP contribution is -2.59. The van der Waals surface area contributed by atoms with Crippen LogP contribution < -0.4 is 10.2 Å². The number of nitrogens with zero attached hydrogens (tertiary/aromatic N) is 2. The van der Waals surface area contributed by atoms with Crippen LogP contribution in [-0.4, -0.2) is 77.2 Å². The Labute approximate surface area is 282 Å². The monoisotopic (exact) mass is 657 g/mol. The number of ether oxygens (including phenoxy) is 2. The Morgan fingerprint density at radius 1 is 1.17 bits per heavy atom. The second-order valence-corrected chi connectivity index (χ2v) is 13.1. The average molecular weight is 658 g/mol. The van der Waals surface area contributed by atoms with E-state index in [2.05, 4.69) is 18.5 Å². The Hall–Kier alpha value is -4.28. The molecular weight excluding hydrogens is 610 g/mol. The highest BCUT2D eigenvalue weighted by atomic mass is 16.5. The number of carbonyl (C=O) groups is 4. The fourth-order valence-corrected chi connectivity index (χ4v) is 7.71. The lowest BCUT2D eigenvalue weighted by atomic mass is 9.70. The fourth-order valence-electron chi connectivity index (χ4n) is 7.71. The van der Waals surface area contributed by atoms with Gasteiger partial charge in [-0.15, -0.1) is 13.2 Å². The molecule has 48 heavy (non-hydrogen) atoms. The summed E-state index contributed by atoms with van der Waals surface area (Å²) in [6.45, 7) is 13.1. The molecule has 0 unspecified atom stereocenters. The second-order valence-electron chi connectivity index (χ2n) is 13.1. The predicted octanol–water partition coefficient (Wildman–Crippen LogP) is 4.33. The van der Waals surface area contributed by atoms with Crippen molar-refractivity contribution >= 4 is 29.4 Å². The number of hydrogen-bond donors (Lipinski definition) is 2. The van der Waals surface area contributed by atoms with Crippen LogP contribution in [0.1, 0.15) is 61.8 Å². The van der Waals surface area contributed by atoms with E-state index in [0.717, 1.165) is 16.7 Å². The zero-order chi connectivity index (χ0) is 34.6. The Morgan fingerprint density at radius 3 is 2.58 bits per heavy atom. The van der Waals surface area contributed by atoms with Crippen LogP contribution in [0, 0.1) is 25.7 Å². The molecule has 0 radical (unpaired) electrons. The lowest BCUT2D eigenvalue weighted by Gasteiger charge is -2.39. The van der Waals surface area contributed by atoms with Crippen LogP contribution in [0.3, 0.4) is 0 Å². The number of fused-ring (bicyclic) bond motifs is 1. The number of esters is 1. The molecule has 1 spiro atoms. The first-order chi connectivity index (χ1) is 23.1. The molecule has 10 nitrogen and oxygen atoms in total. The number of aliphatic hydroxyl groups is 1. The standard InChI is InChI=1S/C38H47N3O7/c1-6-9-15-31(43)47-23-28(26-13-11-10-12-14-26)39-35(44)32-30-18-19-38(48-30)33(32)36(45)41(27(8-3)22-42)34(38)37(46)40(20-7-2)29-21-24(4)16-17-25(29)5/h6-7,10-14,16-17,21,27-28,30,32-34,42H,1-2,8-9,15,18-20,22-23H2,3-5H3,(H,39,44)/t27-,28+,30+,32-,33-,34+,38-/m0/s1. The maximum Gasteiger partial charge on any atom is 0.306 e. The number of likely N-dealkylation sites (tertiary alicyclic amines) is 1. The Balaban J connectivity index is 1.49. The third kappa shape index (κ3) is 6.43. The topological polar surface area (TPSA) is 125 Å². The van der Waals surface area contributed by atoms with Crippen LogP contribution in [-0.2, 0) is 28.7 Å². The number of anilines is 1. The van der Waals surface area contributed by atoms with Crippen molar-refractivity contribution in [2.24, 2.45) is 11.8 Å². The van der Waals surface area contributed by atoms with Gasteiger partial charge in [-0.25, -0.2) is 0 Å². The molecule has 3 amide bonds. The van der Waals surface area contributed by atoms with Gasteiger partial charge in [-0.1, -0.05) is 61.5 Å².